The van der Waals surface area contributed by atoms with Crippen LogP contribution in [-0.4, -0.2) is 9.13 Å². The van der Waals surface area contributed by atoms with Crippen LogP contribution < -0.4 is 9.80 Å². The van der Waals surface area contributed by atoms with Crippen molar-refractivity contribution in [1.82, 2.24) is 9.13 Å². The minimum absolute atomic E-state index is 0.662. The normalized spacial score (nSPS) is 13.8. The second kappa shape index (κ2) is 28.1. The third-order valence-corrected chi connectivity index (χ3v) is 27.7. The van der Waals surface area contributed by atoms with Crippen LogP contribution in [0.1, 0.15) is 44.5 Å². The molecule has 1 unspecified atom stereocenters. The van der Waals surface area contributed by atoms with Gasteiger partial charge in [-0.05, 0) is 237 Å². The first-order valence-electron chi connectivity index (χ1n) is 43.8. The number of anilines is 6. The molecule has 586 valence electrons. The first-order chi connectivity index (χ1) is 62.5. The van der Waals surface area contributed by atoms with Crippen LogP contribution in [-0.2, 0) is 10.8 Å². The van der Waals surface area contributed by atoms with E-state index in [0.717, 1.165) is 84.2 Å². The van der Waals surface area contributed by atoms with E-state index >= 15 is 0 Å². The molecular formula is C122H78N4. The fourth-order valence-corrected chi connectivity index (χ4v) is 22.4. The lowest BCUT2D eigenvalue weighted by Gasteiger charge is -2.40. The third-order valence-electron chi connectivity index (χ3n) is 27.7. The second-order valence-corrected chi connectivity index (χ2v) is 34.1. The van der Waals surface area contributed by atoms with Gasteiger partial charge in [0, 0.05) is 55.4 Å². The Morgan fingerprint density at radius 1 is 0.167 bits per heavy atom. The lowest BCUT2D eigenvalue weighted by atomic mass is 9.65. The van der Waals surface area contributed by atoms with Crippen molar-refractivity contribution in [1.29, 1.82) is 0 Å². The SMILES string of the molecule is c1ccc(-c2ccc(-c3ccc(-c4ccc(N(c5ccccc5)c5cccc6c5-c5ccccc5C65c6ccccc6-n6c7ccc(-c8cccc(-c9cc(-c%10ccccc%10)cc(N(c%10cc%11c%12c(c%10)c%10ccccc%10n%12-c%10ccccc%10C%11%10c%11ccccc%11-c%11ccccc%11%10)c%10ccccc%10-c%10ccccc%10)c9)c8)cc7c7cccc5c76)cc4)cc3)cc2)cc1. The highest BCUT2D eigenvalue weighted by Crippen LogP contribution is 2.66. The Hall–Kier alpha value is -16.4. The third kappa shape index (κ3) is 10.5. The van der Waals surface area contributed by atoms with Gasteiger partial charge >= 0.3 is 0 Å². The number of aromatic nitrogens is 2. The maximum absolute atomic E-state index is 2.58. The average molecular weight is 1600 g/mol. The van der Waals surface area contributed by atoms with Gasteiger partial charge in [-0.25, -0.2) is 0 Å². The molecule has 4 heteroatoms. The molecule has 126 heavy (non-hydrogen) atoms. The highest BCUT2D eigenvalue weighted by Gasteiger charge is 2.54. The van der Waals surface area contributed by atoms with Gasteiger partial charge in [0.25, 0.3) is 0 Å². The summed E-state index contributed by atoms with van der Waals surface area (Å²) in [6, 6.07) is 178. The summed E-state index contributed by atoms with van der Waals surface area (Å²) in [4.78, 5) is 5.05. The van der Waals surface area contributed by atoms with Gasteiger partial charge in [0.05, 0.1) is 55.6 Å². The molecule has 0 fully saturated rings. The number of hydrogen-bond donors (Lipinski definition) is 0. The van der Waals surface area contributed by atoms with E-state index in [-0.39, 0.29) is 0 Å². The number of para-hydroxylation sites is 6. The summed E-state index contributed by atoms with van der Waals surface area (Å²) in [5.74, 6) is 0. The fraction of sp³-hybridized carbons (Fsp3) is 0.0164. The van der Waals surface area contributed by atoms with E-state index in [1.54, 1.807) is 0 Å². The van der Waals surface area contributed by atoms with Crippen molar-refractivity contribution >= 4 is 77.7 Å². The predicted octanol–water partition coefficient (Wildman–Crippen LogP) is 31.8. The summed E-state index contributed by atoms with van der Waals surface area (Å²) >= 11 is 0. The number of hydrogen-bond acceptors (Lipinski definition) is 2. The maximum Gasteiger partial charge on any atom is 0.0755 e. The van der Waals surface area contributed by atoms with E-state index in [1.165, 1.54) is 150 Å². The summed E-state index contributed by atoms with van der Waals surface area (Å²) in [6.07, 6.45) is 0. The Bertz CT molecular complexity index is 8140. The van der Waals surface area contributed by atoms with Crippen molar-refractivity contribution in [2.75, 3.05) is 9.80 Å². The molecule has 0 N–H and O–H groups in total. The van der Waals surface area contributed by atoms with Crippen LogP contribution in [0, 0.1) is 0 Å². The molecule has 0 amide bonds. The summed E-state index contributed by atoms with van der Waals surface area (Å²) in [7, 11) is 0. The van der Waals surface area contributed by atoms with Gasteiger partial charge < -0.3 is 18.9 Å². The van der Waals surface area contributed by atoms with Crippen LogP contribution in [0.5, 0.6) is 0 Å². The van der Waals surface area contributed by atoms with Crippen molar-refractivity contribution in [2.24, 2.45) is 0 Å². The van der Waals surface area contributed by atoms with Crippen LogP contribution in [0.3, 0.4) is 0 Å². The van der Waals surface area contributed by atoms with Gasteiger partial charge in [-0.1, -0.05) is 370 Å². The largest absolute Gasteiger partial charge is 0.310 e. The van der Waals surface area contributed by atoms with E-state index in [9.17, 15) is 0 Å². The highest BCUT2D eigenvalue weighted by atomic mass is 15.2. The molecule has 0 saturated carbocycles. The maximum atomic E-state index is 2.58. The number of nitrogens with zero attached hydrogens (tertiary/aromatic N) is 4. The quantitative estimate of drug-likeness (QED) is 0.114. The molecule has 26 rings (SSSR count). The van der Waals surface area contributed by atoms with E-state index in [1.807, 2.05) is 0 Å². The zero-order valence-corrected chi connectivity index (χ0v) is 68.8. The first kappa shape index (κ1) is 71.3. The molecule has 0 saturated heterocycles. The van der Waals surface area contributed by atoms with E-state index < -0.39 is 10.8 Å². The Balaban J connectivity index is 0.616. The molecule has 2 aromatic heterocycles. The summed E-state index contributed by atoms with van der Waals surface area (Å²) < 4.78 is 5.14. The second-order valence-electron chi connectivity index (χ2n) is 34.1. The Morgan fingerprint density at radius 2 is 0.532 bits per heavy atom. The summed E-state index contributed by atoms with van der Waals surface area (Å²) in [5.41, 5.74) is 43.8. The average Bonchev–Trinajstić information content (AvgIpc) is 1.54. The van der Waals surface area contributed by atoms with Crippen LogP contribution in [0.4, 0.5) is 34.1 Å². The van der Waals surface area contributed by atoms with Gasteiger partial charge in [0.15, 0.2) is 0 Å². The summed E-state index contributed by atoms with van der Waals surface area (Å²) in [6.45, 7) is 0. The first-order valence-corrected chi connectivity index (χ1v) is 43.8. The smallest absolute Gasteiger partial charge is 0.0755 e. The van der Waals surface area contributed by atoms with E-state index in [4.69, 9.17) is 0 Å². The molecule has 20 aromatic carbocycles. The zero-order valence-electron chi connectivity index (χ0n) is 68.8. The van der Waals surface area contributed by atoms with Gasteiger partial charge in [-0.15, -0.1) is 0 Å². The molecular weight excluding hydrogens is 1520 g/mol. The minimum atomic E-state index is -0.680. The Kier molecular flexibility index (Phi) is 15.9. The molecule has 22 aromatic rings. The molecule has 2 aliphatic carbocycles. The van der Waals surface area contributed by atoms with Crippen LogP contribution in [0.25, 0.3) is 155 Å². The van der Waals surface area contributed by atoms with Crippen LogP contribution in [0.2, 0.25) is 0 Å². The molecule has 2 spiro atoms. The minimum Gasteiger partial charge on any atom is -0.310 e. The predicted molar refractivity (Wildman–Crippen MR) is 524 cm³/mol. The van der Waals surface area contributed by atoms with Crippen molar-refractivity contribution in [3.8, 4) is 112 Å². The molecule has 2 aliphatic heterocycles. The molecule has 0 radical (unpaired) electrons. The molecule has 0 bridgehead atoms. The van der Waals surface area contributed by atoms with Crippen LogP contribution >= 0.6 is 0 Å². The Morgan fingerprint density at radius 3 is 1.16 bits per heavy atom. The molecule has 4 aliphatic rings. The van der Waals surface area contributed by atoms with Gasteiger partial charge in [-0.2, -0.15) is 0 Å². The number of fused-ring (bicyclic) bond motifs is 24. The molecule has 1 atom stereocenters. The van der Waals surface area contributed by atoms with Crippen molar-refractivity contribution in [3.63, 3.8) is 0 Å². The van der Waals surface area contributed by atoms with Gasteiger partial charge in [0.2, 0.25) is 0 Å². The highest BCUT2D eigenvalue weighted by molar-refractivity contribution is 6.17. The van der Waals surface area contributed by atoms with E-state index in [2.05, 4.69) is 492 Å². The molecule has 4 heterocycles. The van der Waals surface area contributed by atoms with Gasteiger partial charge in [-0.3, -0.25) is 0 Å². The molecule has 4 nitrogen and oxygen atoms in total. The Labute approximate surface area is 731 Å². The lowest BCUT2D eigenvalue weighted by Crippen LogP contribution is -2.33. The van der Waals surface area contributed by atoms with Crippen molar-refractivity contribution in [2.45, 2.75) is 10.8 Å². The lowest BCUT2D eigenvalue weighted by molar-refractivity contribution is 0.748. The standard InChI is InChI=1S/C122H78N4/c1-5-30-79(31-6-1)81-58-60-82(61-59-81)83-62-64-84(65-63-83)85-66-69-93(70-67-85)123(92-38-11-4-12-39-92)117-57-29-51-109-118(117)101-44-15-20-48-106(101)122(109)108-50-22-26-56-116(108)126-114-71-68-89(76-102(114)100-45-28-52-110(122)119(100)126)87-36-27-37-88(72-87)91-73-90(80-32-7-2-8-33-80)74-94(75-91)124(112-53-23-16-40-96(112)86-34-9-3-10-35-86)95-77-103-99-43-17-24-54-113(99)125-115-55-25-21-49-107(115)121(111(78-95)120(103)125)104-46-18-13-41-97(104)98-42-14-19-47-105(98)121/h1-78H. The monoisotopic (exact) mass is 1600 g/mol. The van der Waals surface area contributed by atoms with E-state index in [0.29, 0.717) is 0 Å². The number of benzene rings is 20. The van der Waals surface area contributed by atoms with Crippen LogP contribution in [0.15, 0.2) is 473 Å². The van der Waals surface area contributed by atoms with Gasteiger partial charge in [0.1, 0.15) is 0 Å². The zero-order chi connectivity index (χ0) is 82.7. The van der Waals surface area contributed by atoms with Crippen molar-refractivity contribution < 1.29 is 0 Å². The fourth-order valence-electron chi connectivity index (χ4n) is 22.4. The van der Waals surface area contributed by atoms with Crippen molar-refractivity contribution in [3.05, 3.63) is 518 Å². The summed E-state index contributed by atoms with van der Waals surface area (Å²) in [5, 5.41) is 4.85. The number of rotatable bonds is 13. The topological polar surface area (TPSA) is 16.3 Å².